The molecule has 2 amide bonds. The van der Waals surface area contributed by atoms with Gasteiger partial charge in [0.25, 0.3) is 0 Å². The van der Waals surface area contributed by atoms with Crippen molar-refractivity contribution < 1.29 is 13.2 Å². The zero-order valence-electron chi connectivity index (χ0n) is 15.2. The molecule has 144 valence electrons. The first-order chi connectivity index (χ1) is 12.9. The van der Waals surface area contributed by atoms with Crippen LogP contribution >= 0.6 is 0 Å². The Balaban J connectivity index is 1.48. The summed E-state index contributed by atoms with van der Waals surface area (Å²) >= 11 is 0. The van der Waals surface area contributed by atoms with Gasteiger partial charge >= 0.3 is 6.03 Å². The van der Waals surface area contributed by atoms with Crippen molar-refractivity contribution in [2.24, 2.45) is 7.05 Å². The lowest BCUT2D eigenvalue weighted by molar-refractivity contribution is 0.200. The number of carbonyl (C=O) groups is 1. The molecular formula is C18H23N5O3S. The Morgan fingerprint density at radius 1 is 1.26 bits per heavy atom. The van der Waals surface area contributed by atoms with E-state index in [-0.39, 0.29) is 12.6 Å². The molecular weight excluding hydrogens is 366 g/mol. The number of hydrogen-bond acceptors (Lipinski definition) is 4. The summed E-state index contributed by atoms with van der Waals surface area (Å²) in [6.45, 7) is 1.22. The van der Waals surface area contributed by atoms with Gasteiger partial charge in [0.1, 0.15) is 0 Å². The predicted molar refractivity (Wildman–Crippen MR) is 103 cm³/mol. The number of nitrogens with one attached hydrogen (secondary N) is 1. The second kappa shape index (κ2) is 6.88. The smallest absolute Gasteiger partial charge is 0.321 e. The van der Waals surface area contributed by atoms with E-state index < -0.39 is 15.3 Å². The first-order valence-corrected chi connectivity index (χ1v) is 10.6. The van der Waals surface area contributed by atoms with E-state index in [4.69, 9.17) is 0 Å². The average molecular weight is 389 g/mol. The minimum absolute atomic E-state index is 0.201. The number of likely N-dealkylation sites (tertiary alicyclic amines) is 1. The number of piperidine rings is 1. The molecule has 0 aliphatic carbocycles. The van der Waals surface area contributed by atoms with Crippen molar-refractivity contribution in [2.75, 3.05) is 29.3 Å². The third-order valence-electron chi connectivity index (χ3n) is 5.19. The highest BCUT2D eigenvalue weighted by atomic mass is 32.2. The average Bonchev–Trinajstić information content (AvgIpc) is 3.28. The lowest BCUT2D eigenvalue weighted by Gasteiger charge is -2.34. The van der Waals surface area contributed by atoms with E-state index in [0.29, 0.717) is 31.6 Å². The van der Waals surface area contributed by atoms with Crippen LogP contribution in [0.4, 0.5) is 16.2 Å². The van der Waals surface area contributed by atoms with Crippen molar-refractivity contribution in [1.29, 1.82) is 0 Å². The monoisotopic (exact) mass is 389 g/mol. The summed E-state index contributed by atoms with van der Waals surface area (Å²) in [4.78, 5) is 14.1. The topological polar surface area (TPSA) is 87.5 Å². The maximum atomic E-state index is 13.2. The highest BCUT2D eigenvalue weighted by Crippen LogP contribution is 2.33. The summed E-state index contributed by atoms with van der Waals surface area (Å²) in [7, 11) is -1.74. The van der Waals surface area contributed by atoms with E-state index in [1.807, 2.05) is 24.3 Å². The van der Waals surface area contributed by atoms with Gasteiger partial charge in [-0.25, -0.2) is 13.2 Å². The quantitative estimate of drug-likeness (QED) is 0.867. The van der Waals surface area contributed by atoms with Crippen LogP contribution in [0, 0.1) is 0 Å². The van der Waals surface area contributed by atoms with Crippen LogP contribution in [0.3, 0.4) is 0 Å². The van der Waals surface area contributed by atoms with E-state index in [1.54, 1.807) is 29.0 Å². The van der Waals surface area contributed by atoms with Gasteiger partial charge in [0.05, 0.1) is 22.8 Å². The molecule has 0 spiro atoms. The van der Waals surface area contributed by atoms with Crippen LogP contribution in [0.5, 0.6) is 0 Å². The predicted octanol–water partition coefficient (Wildman–Crippen LogP) is 1.81. The Kier molecular flexibility index (Phi) is 4.55. The molecule has 27 heavy (non-hydrogen) atoms. The van der Waals surface area contributed by atoms with Gasteiger partial charge in [-0.3, -0.25) is 8.99 Å². The third-order valence-corrected chi connectivity index (χ3v) is 7.42. The van der Waals surface area contributed by atoms with E-state index in [2.05, 4.69) is 10.4 Å². The molecule has 1 atom stereocenters. The Labute approximate surface area is 158 Å². The number of aryl methyl sites for hydroxylation is 1. The number of rotatable bonds is 3. The second-order valence-electron chi connectivity index (χ2n) is 7.04. The number of fused-ring (bicyclic) bond motifs is 1. The molecule has 4 rings (SSSR count). The van der Waals surface area contributed by atoms with Crippen LogP contribution in [-0.4, -0.2) is 54.0 Å². The molecule has 2 aromatic rings. The molecule has 0 unspecified atom stereocenters. The van der Waals surface area contributed by atoms with E-state index in [1.165, 1.54) is 4.31 Å². The minimum atomic E-state index is -3.52. The summed E-state index contributed by atoms with van der Waals surface area (Å²) in [5.41, 5.74) is 2.43. The molecule has 1 saturated heterocycles. The molecule has 0 saturated carbocycles. The van der Waals surface area contributed by atoms with E-state index in [0.717, 1.165) is 17.7 Å². The molecule has 0 radical (unpaired) electrons. The maximum Gasteiger partial charge on any atom is 0.321 e. The normalized spacial score (nSPS) is 19.8. The number of urea groups is 1. The fraction of sp³-hybridized carbons (Fsp3) is 0.444. The molecule has 3 heterocycles. The van der Waals surface area contributed by atoms with Crippen molar-refractivity contribution in [1.82, 2.24) is 14.7 Å². The number of carbonyl (C=O) groups excluding carboxylic acids is 1. The van der Waals surface area contributed by atoms with Gasteiger partial charge in [-0.2, -0.15) is 5.10 Å². The summed E-state index contributed by atoms with van der Waals surface area (Å²) < 4.78 is 29.6. The van der Waals surface area contributed by atoms with Crippen LogP contribution in [-0.2, 0) is 23.5 Å². The Morgan fingerprint density at radius 3 is 2.85 bits per heavy atom. The number of aromatic nitrogens is 2. The highest BCUT2D eigenvalue weighted by Gasteiger charge is 2.39. The van der Waals surface area contributed by atoms with Crippen molar-refractivity contribution in [2.45, 2.75) is 24.5 Å². The number of hydrogen-bond donors (Lipinski definition) is 1. The van der Waals surface area contributed by atoms with E-state index >= 15 is 0 Å². The van der Waals surface area contributed by atoms with Crippen molar-refractivity contribution in [3.05, 3.63) is 42.2 Å². The summed E-state index contributed by atoms with van der Waals surface area (Å²) in [5.74, 6) is 0. The molecule has 1 fully saturated rings. The zero-order valence-corrected chi connectivity index (χ0v) is 16.0. The minimum Gasteiger partial charge on any atom is -0.323 e. The summed E-state index contributed by atoms with van der Waals surface area (Å²) in [5, 5.41) is 6.22. The SMILES string of the molecule is Cn1cc(NC(=O)N2CCC[C@@H](S(=O)(=O)N3CCc4ccccc43)C2)cn1. The van der Waals surface area contributed by atoms with Crippen LogP contribution in [0.2, 0.25) is 0 Å². The van der Waals surface area contributed by atoms with Gasteiger partial charge in [0, 0.05) is 32.9 Å². The van der Waals surface area contributed by atoms with Gasteiger partial charge < -0.3 is 10.2 Å². The number of para-hydroxylation sites is 1. The van der Waals surface area contributed by atoms with Gasteiger partial charge in [0.2, 0.25) is 10.0 Å². The molecule has 8 nitrogen and oxygen atoms in total. The number of sulfonamides is 1. The summed E-state index contributed by atoms with van der Waals surface area (Å²) in [6.07, 6.45) is 5.24. The largest absolute Gasteiger partial charge is 0.323 e. The van der Waals surface area contributed by atoms with Crippen LogP contribution in [0.1, 0.15) is 18.4 Å². The van der Waals surface area contributed by atoms with Crippen LogP contribution in [0.25, 0.3) is 0 Å². The Hall–Kier alpha value is -2.55. The van der Waals surface area contributed by atoms with Gasteiger partial charge in [-0.05, 0) is 30.9 Å². The standard InChI is InChI=1S/C18H23N5O3S/c1-21-12-15(11-19-21)20-18(24)22-9-4-6-16(13-22)27(25,26)23-10-8-14-5-2-3-7-17(14)23/h2-3,5,7,11-12,16H,4,6,8-10,13H2,1H3,(H,20,24)/t16-/m1/s1. The first-order valence-electron chi connectivity index (χ1n) is 9.09. The molecule has 0 bridgehead atoms. The molecule has 9 heteroatoms. The molecule has 2 aliphatic heterocycles. The summed E-state index contributed by atoms with van der Waals surface area (Å²) in [6, 6.07) is 7.33. The van der Waals surface area contributed by atoms with Crippen molar-refractivity contribution >= 4 is 27.4 Å². The lowest BCUT2D eigenvalue weighted by Crippen LogP contribution is -2.50. The number of benzene rings is 1. The molecule has 2 aliphatic rings. The van der Waals surface area contributed by atoms with Crippen LogP contribution in [0.15, 0.2) is 36.7 Å². The number of nitrogens with zero attached hydrogens (tertiary/aromatic N) is 4. The lowest BCUT2D eigenvalue weighted by atomic mass is 10.1. The van der Waals surface area contributed by atoms with E-state index in [9.17, 15) is 13.2 Å². The Bertz CT molecular complexity index is 955. The van der Waals surface area contributed by atoms with Crippen molar-refractivity contribution in [3.8, 4) is 0 Å². The van der Waals surface area contributed by atoms with Gasteiger partial charge in [-0.15, -0.1) is 0 Å². The number of amides is 2. The van der Waals surface area contributed by atoms with Crippen LogP contribution < -0.4 is 9.62 Å². The van der Waals surface area contributed by atoms with Gasteiger partial charge in [0.15, 0.2) is 0 Å². The molecule has 1 aromatic carbocycles. The molecule has 1 N–H and O–H groups in total. The Morgan fingerprint density at radius 2 is 2.07 bits per heavy atom. The third kappa shape index (κ3) is 3.39. The number of anilines is 2. The fourth-order valence-electron chi connectivity index (χ4n) is 3.81. The maximum absolute atomic E-state index is 13.2. The highest BCUT2D eigenvalue weighted by molar-refractivity contribution is 7.93. The second-order valence-corrected chi connectivity index (χ2v) is 9.18. The first kappa shape index (κ1) is 17.8. The zero-order chi connectivity index (χ0) is 19.0. The van der Waals surface area contributed by atoms with Crippen molar-refractivity contribution in [3.63, 3.8) is 0 Å². The fourth-order valence-corrected chi connectivity index (χ4v) is 5.80. The van der Waals surface area contributed by atoms with Gasteiger partial charge in [-0.1, -0.05) is 18.2 Å². The molecule has 1 aromatic heterocycles.